The zero-order valence-electron chi connectivity index (χ0n) is 26.6. The molecule has 0 radical (unpaired) electrons. The van der Waals surface area contributed by atoms with E-state index in [1.807, 2.05) is 12.2 Å². The Hall–Kier alpha value is -4.05. The molecule has 10 heteroatoms. The maximum Gasteiger partial charge on any atom is 0.407 e. The summed E-state index contributed by atoms with van der Waals surface area (Å²) < 4.78 is 9.94. The first-order valence-corrected chi connectivity index (χ1v) is 15.5. The Labute approximate surface area is 261 Å². The lowest BCUT2D eigenvalue weighted by Crippen LogP contribution is -2.52. The molecule has 4 aliphatic rings. The van der Waals surface area contributed by atoms with Crippen molar-refractivity contribution in [2.45, 2.75) is 69.2 Å². The number of carbonyl (C=O) groups is 2. The quantitative estimate of drug-likeness (QED) is 0.367. The number of fused-ring (bicyclic) bond motifs is 1. The largest absolute Gasteiger partial charge is 0.453 e. The van der Waals surface area contributed by atoms with Crippen LogP contribution in [0.25, 0.3) is 0 Å². The van der Waals surface area contributed by atoms with E-state index in [0.29, 0.717) is 19.2 Å². The molecule has 0 aromatic heterocycles. The molecule has 1 fully saturated rings. The first-order chi connectivity index (χ1) is 21.2. The Balaban J connectivity index is 1.32. The minimum absolute atomic E-state index is 0.263. The number of nitrogens with zero attached hydrogens (tertiary/aromatic N) is 4. The summed E-state index contributed by atoms with van der Waals surface area (Å²) in [7, 11) is 5.09. The standard InChI is InChI=1S/C34H46N6O4/c1-7-24-15-16-28(40(24)26-13-11-25(12-14-26)38(4)20-21-43-5)23-17-18-34(3)30(22-23)36-31(37-34)29-10-9-19-39(29)32(41)27(8-2)35-33(42)44-6/h8-14,17,22,24,27-29H,2,7,15-16,18-21H2,1,3-6H3,(H,35,42)(H,36,37)/t24-,27+,28+,29+,34?/m1/s1. The topological polar surface area (TPSA) is 98.7 Å². The van der Waals surface area contributed by atoms with Crippen LogP contribution in [0.5, 0.6) is 0 Å². The summed E-state index contributed by atoms with van der Waals surface area (Å²) in [5, 5.41) is 6.14. The molecule has 5 atom stereocenters. The van der Waals surface area contributed by atoms with Crippen LogP contribution in [0.15, 0.2) is 77.5 Å². The lowest BCUT2D eigenvalue weighted by molar-refractivity contribution is -0.131. The van der Waals surface area contributed by atoms with Gasteiger partial charge >= 0.3 is 6.09 Å². The molecule has 3 aliphatic heterocycles. The molecule has 0 saturated carbocycles. The number of carbonyl (C=O) groups excluding carboxylic acids is 2. The molecule has 10 nitrogen and oxygen atoms in total. The van der Waals surface area contributed by atoms with E-state index in [-0.39, 0.29) is 18.0 Å². The van der Waals surface area contributed by atoms with Gasteiger partial charge in [0.25, 0.3) is 0 Å². The molecule has 0 spiro atoms. The van der Waals surface area contributed by atoms with Gasteiger partial charge in [-0.3, -0.25) is 9.79 Å². The second-order valence-electron chi connectivity index (χ2n) is 12.1. The SMILES string of the molecule is C=C[C@H](NC(=O)OC)C(=O)N1CC=C[C@H]1C1=NC2(C)CC=C([C@@H]3CC[C@@H](CC)N3c3ccc(N(C)CCOC)cc3)C=C2N1. The predicted molar refractivity (Wildman–Crippen MR) is 175 cm³/mol. The van der Waals surface area contributed by atoms with Crippen molar-refractivity contribution >= 4 is 29.2 Å². The number of aliphatic imine (C=N–C) groups is 1. The fourth-order valence-corrected chi connectivity index (χ4v) is 6.70. The van der Waals surface area contributed by atoms with Gasteiger partial charge in [0, 0.05) is 50.4 Å². The van der Waals surface area contributed by atoms with Gasteiger partial charge in [-0.2, -0.15) is 0 Å². The van der Waals surface area contributed by atoms with Gasteiger partial charge in [-0.05, 0) is 68.5 Å². The summed E-state index contributed by atoms with van der Waals surface area (Å²) in [4.78, 5) is 36.8. The van der Waals surface area contributed by atoms with E-state index in [0.717, 1.165) is 43.8 Å². The number of rotatable bonds is 11. The van der Waals surface area contributed by atoms with Crippen LogP contribution in [-0.2, 0) is 14.3 Å². The number of likely N-dealkylation sites (N-methyl/N-ethyl adjacent to an activating group) is 1. The number of hydrogen-bond donors (Lipinski definition) is 2. The van der Waals surface area contributed by atoms with Crippen molar-refractivity contribution in [2.75, 3.05) is 50.8 Å². The van der Waals surface area contributed by atoms with Crippen molar-refractivity contribution in [1.82, 2.24) is 15.5 Å². The molecule has 2 N–H and O–H groups in total. The number of anilines is 2. The van der Waals surface area contributed by atoms with Gasteiger partial charge in [0.15, 0.2) is 0 Å². The highest BCUT2D eigenvalue weighted by molar-refractivity contribution is 5.99. The Kier molecular flexibility index (Phi) is 9.48. The lowest BCUT2D eigenvalue weighted by atomic mass is 9.85. The summed E-state index contributed by atoms with van der Waals surface area (Å²) >= 11 is 0. The van der Waals surface area contributed by atoms with E-state index < -0.39 is 17.7 Å². The summed E-state index contributed by atoms with van der Waals surface area (Å²) in [6.07, 6.45) is 13.4. The first-order valence-electron chi connectivity index (χ1n) is 15.5. The maximum atomic E-state index is 13.4. The molecule has 44 heavy (non-hydrogen) atoms. The second-order valence-corrected chi connectivity index (χ2v) is 12.1. The van der Waals surface area contributed by atoms with Crippen LogP contribution in [0.3, 0.4) is 0 Å². The van der Waals surface area contributed by atoms with Crippen LogP contribution in [-0.4, -0.2) is 93.4 Å². The van der Waals surface area contributed by atoms with Gasteiger partial charge < -0.3 is 34.8 Å². The van der Waals surface area contributed by atoms with Gasteiger partial charge in [0.1, 0.15) is 23.5 Å². The molecule has 1 saturated heterocycles. The monoisotopic (exact) mass is 602 g/mol. The van der Waals surface area contributed by atoms with Crippen LogP contribution >= 0.6 is 0 Å². The average molecular weight is 603 g/mol. The van der Waals surface area contributed by atoms with Crippen LogP contribution in [0.1, 0.15) is 39.5 Å². The summed E-state index contributed by atoms with van der Waals surface area (Å²) in [5.74, 6) is 0.472. The minimum Gasteiger partial charge on any atom is -0.453 e. The van der Waals surface area contributed by atoms with Gasteiger partial charge in [0.05, 0.1) is 19.8 Å². The van der Waals surface area contributed by atoms with Crippen molar-refractivity contribution in [1.29, 1.82) is 0 Å². The van der Waals surface area contributed by atoms with Crippen LogP contribution < -0.4 is 20.4 Å². The average Bonchev–Trinajstić information content (AvgIpc) is 3.78. The number of amidine groups is 1. The minimum atomic E-state index is -0.892. The Morgan fingerprint density at radius 3 is 2.73 bits per heavy atom. The molecule has 1 aliphatic carbocycles. The Morgan fingerprint density at radius 2 is 2.05 bits per heavy atom. The smallest absolute Gasteiger partial charge is 0.407 e. The summed E-state index contributed by atoms with van der Waals surface area (Å²) in [6.45, 7) is 10.1. The normalized spacial score (nSPS) is 26.3. The van der Waals surface area contributed by atoms with E-state index in [1.54, 1.807) is 12.0 Å². The second kappa shape index (κ2) is 13.3. The number of benzene rings is 1. The van der Waals surface area contributed by atoms with Crippen LogP contribution in [0, 0.1) is 0 Å². The van der Waals surface area contributed by atoms with Crippen LogP contribution in [0.2, 0.25) is 0 Å². The molecule has 1 aromatic rings. The molecule has 3 heterocycles. The molecule has 1 unspecified atom stereocenters. The highest BCUT2D eigenvalue weighted by Gasteiger charge is 2.43. The molecular weight excluding hydrogens is 556 g/mol. The third kappa shape index (κ3) is 6.13. The lowest BCUT2D eigenvalue weighted by Gasteiger charge is -2.35. The van der Waals surface area contributed by atoms with E-state index in [2.05, 4.69) is 89.1 Å². The highest BCUT2D eigenvalue weighted by Crippen LogP contribution is 2.41. The van der Waals surface area contributed by atoms with E-state index in [9.17, 15) is 9.59 Å². The molecule has 236 valence electrons. The van der Waals surface area contributed by atoms with Crippen molar-refractivity contribution in [3.63, 3.8) is 0 Å². The van der Waals surface area contributed by atoms with Gasteiger partial charge in [0.2, 0.25) is 5.91 Å². The predicted octanol–water partition coefficient (Wildman–Crippen LogP) is 4.17. The van der Waals surface area contributed by atoms with Crippen molar-refractivity contribution in [3.05, 3.63) is 72.5 Å². The van der Waals surface area contributed by atoms with Crippen LogP contribution in [0.4, 0.5) is 16.2 Å². The summed E-state index contributed by atoms with van der Waals surface area (Å²) in [5.41, 5.74) is 4.37. The van der Waals surface area contributed by atoms with E-state index >= 15 is 0 Å². The van der Waals surface area contributed by atoms with Crippen molar-refractivity contribution < 1.29 is 19.1 Å². The molecule has 2 amide bonds. The molecule has 5 rings (SSSR count). The number of nitrogens with one attached hydrogen (secondary N) is 2. The molecular formula is C34H46N6O4. The Morgan fingerprint density at radius 1 is 1.27 bits per heavy atom. The fraction of sp³-hybridized carbons (Fsp3) is 0.500. The third-order valence-corrected chi connectivity index (χ3v) is 9.31. The number of hydrogen-bond acceptors (Lipinski definition) is 8. The van der Waals surface area contributed by atoms with E-state index in [4.69, 9.17) is 9.73 Å². The highest BCUT2D eigenvalue weighted by atomic mass is 16.5. The first kappa shape index (κ1) is 31.4. The number of alkyl carbamates (subject to hydrolysis) is 1. The van der Waals surface area contributed by atoms with Gasteiger partial charge in [-0.1, -0.05) is 31.2 Å². The summed E-state index contributed by atoms with van der Waals surface area (Å²) in [6, 6.07) is 8.42. The maximum absolute atomic E-state index is 13.4. The van der Waals surface area contributed by atoms with E-state index in [1.165, 1.54) is 30.1 Å². The zero-order chi connectivity index (χ0) is 31.4. The molecule has 1 aromatic carbocycles. The zero-order valence-corrected chi connectivity index (χ0v) is 26.6. The number of amides is 2. The number of ether oxygens (including phenoxy) is 2. The van der Waals surface area contributed by atoms with Crippen molar-refractivity contribution in [2.24, 2.45) is 4.99 Å². The van der Waals surface area contributed by atoms with Gasteiger partial charge in [-0.15, -0.1) is 6.58 Å². The van der Waals surface area contributed by atoms with Gasteiger partial charge in [-0.25, -0.2) is 4.79 Å². The molecule has 0 bridgehead atoms. The third-order valence-electron chi connectivity index (χ3n) is 9.31. The number of methoxy groups -OCH3 is 2. The fourth-order valence-electron chi connectivity index (χ4n) is 6.70. The van der Waals surface area contributed by atoms with Crippen molar-refractivity contribution in [3.8, 4) is 0 Å². The Bertz CT molecular complexity index is 1370.